The minimum atomic E-state index is 0.0811. The molecule has 2 unspecified atom stereocenters. The predicted molar refractivity (Wildman–Crippen MR) is 116 cm³/mol. The lowest BCUT2D eigenvalue weighted by Gasteiger charge is -2.27. The Morgan fingerprint density at radius 3 is 2.33 bits per heavy atom. The Morgan fingerprint density at radius 1 is 1.00 bits per heavy atom. The van der Waals surface area contributed by atoms with E-state index < -0.39 is 0 Å². The number of carbonyl (C=O) groups is 1. The van der Waals surface area contributed by atoms with Crippen LogP contribution >= 0.6 is 0 Å². The van der Waals surface area contributed by atoms with E-state index in [4.69, 9.17) is 0 Å². The van der Waals surface area contributed by atoms with Gasteiger partial charge in [-0.3, -0.25) is 9.20 Å². The molecule has 158 valence electrons. The van der Waals surface area contributed by atoms with Crippen LogP contribution in [0.2, 0.25) is 0 Å². The fourth-order valence-corrected chi connectivity index (χ4v) is 5.55. The van der Waals surface area contributed by atoms with Crippen molar-refractivity contribution >= 4 is 11.6 Å². The fraction of sp³-hybridized carbons (Fsp3) is 0.522. The summed E-state index contributed by atoms with van der Waals surface area (Å²) in [6, 6.07) is 8.78. The van der Waals surface area contributed by atoms with Crippen molar-refractivity contribution in [1.29, 1.82) is 0 Å². The molecule has 0 aliphatic heterocycles. The predicted octanol–water partition coefficient (Wildman–Crippen LogP) is 2.93. The summed E-state index contributed by atoms with van der Waals surface area (Å²) in [5, 5.41) is 8.61. The van der Waals surface area contributed by atoms with Crippen LogP contribution in [0.5, 0.6) is 0 Å². The van der Waals surface area contributed by atoms with Gasteiger partial charge in [0.15, 0.2) is 11.5 Å². The van der Waals surface area contributed by atoms with Crippen LogP contribution in [0, 0.1) is 11.8 Å². The minimum absolute atomic E-state index is 0.0811. The Hall–Kier alpha value is -2.67. The smallest absolute Gasteiger partial charge is 0.255 e. The van der Waals surface area contributed by atoms with Crippen LogP contribution in [-0.2, 0) is 7.05 Å². The molecule has 7 nitrogen and oxygen atoms in total. The van der Waals surface area contributed by atoms with Crippen molar-refractivity contribution in [3.05, 3.63) is 42.2 Å². The topological polar surface area (TPSA) is 58.7 Å². The van der Waals surface area contributed by atoms with Gasteiger partial charge in [-0.2, -0.15) is 0 Å². The normalized spacial score (nSPS) is 25.9. The Morgan fingerprint density at radius 2 is 1.70 bits per heavy atom. The fourth-order valence-electron chi connectivity index (χ4n) is 5.55. The van der Waals surface area contributed by atoms with Gasteiger partial charge in [0.2, 0.25) is 0 Å². The Balaban J connectivity index is 1.36. The van der Waals surface area contributed by atoms with Crippen molar-refractivity contribution in [3.63, 3.8) is 0 Å². The third-order valence-corrected chi connectivity index (χ3v) is 7.39. The maximum Gasteiger partial charge on any atom is 0.255 e. The summed E-state index contributed by atoms with van der Waals surface area (Å²) in [5.74, 6) is 2.33. The number of rotatable bonds is 4. The highest BCUT2D eigenvalue weighted by atomic mass is 16.2. The van der Waals surface area contributed by atoms with Crippen LogP contribution < -0.4 is 0 Å². The summed E-state index contributed by atoms with van der Waals surface area (Å²) in [6.45, 7) is 0. The molecule has 7 heteroatoms. The van der Waals surface area contributed by atoms with Crippen molar-refractivity contribution in [2.75, 3.05) is 21.1 Å². The maximum absolute atomic E-state index is 13.3. The summed E-state index contributed by atoms with van der Waals surface area (Å²) in [7, 11) is 8.32. The van der Waals surface area contributed by atoms with Crippen LogP contribution in [0.25, 0.3) is 17.2 Å². The average molecular weight is 407 g/mol. The lowest BCUT2D eigenvalue weighted by molar-refractivity contribution is 0.0725. The van der Waals surface area contributed by atoms with E-state index in [0.29, 0.717) is 17.6 Å². The van der Waals surface area contributed by atoms with Gasteiger partial charge in [0, 0.05) is 38.6 Å². The van der Waals surface area contributed by atoms with Gasteiger partial charge in [-0.1, -0.05) is 0 Å². The summed E-state index contributed by atoms with van der Waals surface area (Å²) in [5.41, 5.74) is 2.40. The van der Waals surface area contributed by atoms with Crippen molar-refractivity contribution < 1.29 is 4.79 Å². The summed E-state index contributed by atoms with van der Waals surface area (Å²) in [4.78, 5) is 17.6. The number of hydrogen-bond donors (Lipinski definition) is 0. The molecule has 2 saturated carbocycles. The van der Waals surface area contributed by atoms with E-state index in [0.717, 1.165) is 41.8 Å². The number of nitrogens with zero attached hydrogens (tertiary/aromatic N) is 6. The molecule has 2 fully saturated rings. The SMILES string of the molecule is CN(C)C1C[C@@H]2CC(N(C)C(=O)c3ccc4nnc(-c5cccn5C)n4c3)C[C@@H]2C1. The molecule has 30 heavy (non-hydrogen) atoms. The number of aryl methyl sites for hydroxylation is 1. The monoisotopic (exact) mass is 406 g/mol. The van der Waals surface area contributed by atoms with Crippen LogP contribution in [0.4, 0.5) is 0 Å². The molecule has 0 bridgehead atoms. The quantitative estimate of drug-likeness (QED) is 0.669. The van der Waals surface area contributed by atoms with Crippen molar-refractivity contribution in [1.82, 2.24) is 29.0 Å². The molecule has 0 aromatic carbocycles. The first-order chi connectivity index (χ1) is 14.4. The lowest BCUT2D eigenvalue weighted by Crippen LogP contribution is -2.36. The second-order valence-electron chi connectivity index (χ2n) is 9.32. The molecule has 1 amide bonds. The highest BCUT2D eigenvalue weighted by Gasteiger charge is 2.44. The van der Waals surface area contributed by atoms with Gasteiger partial charge in [-0.15, -0.1) is 10.2 Å². The van der Waals surface area contributed by atoms with Gasteiger partial charge in [-0.05, 0) is 75.9 Å². The number of amides is 1. The Labute approximate surface area is 177 Å². The van der Waals surface area contributed by atoms with Gasteiger partial charge in [0.1, 0.15) is 0 Å². The van der Waals surface area contributed by atoms with Crippen molar-refractivity contribution in [2.24, 2.45) is 18.9 Å². The molecule has 2 aliphatic carbocycles. The van der Waals surface area contributed by atoms with Gasteiger partial charge in [-0.25, -0.2) is 0 Å². The molecule has 0 saturated heterocycles. The Bertz CT molecular complexity index is 1070. The van der Waals surface area contributed by atoms with E-state index in [9.17, 15) is 4.79 Å². The van der Waals surface area contributed by atoms with Crippen LogP contribution in [0.1, 0.15) is 36.0 Å². The van der Waals surface area contributed by atoms with E-state index in [1.807, 2.05) is 64.6 Å². The highest BCUT2D eigenvalue weighted by molar-refractivity contribution is 5.94. The van der Waals surface area contributed by atoms with E-state index in [1.54, 1.807) is 0 Å². The van der Waals surface area contributed by atoms with Crippen molar-refractivity contribution in [3.8, 4) is 11.5 Å². The molecule has 3 aromatic heterocycles. The van der Waals surface area contributed by atoms with Crippen LogP contribution in [-0.4, -0.2) is 68.1 Å². The number of aromatic nitrogens is 4. The summed E-state index contributed by atoms with van der Waals surface area (Å²) in [6.07, 6.45) is 8.65. The van der Waals surface area contributed by atoms with E-state index in [-0.39, 0.29) is 5.91 Å². The largest absolute Gasteiger partial charge is 0.348 e. The van der Waals surface area contributed by atoms with E-state index in [1.165, 1.54) is 12.8 Å². The number of fused-ring (bicyclic) bond motifs is 2. The molecule has 0 N–H and O–H groups in total. The molecule has 3 aromatic rings. The van der Waals surface area contributed by atoms with E-state index >= 15 is 0 Å². The zero-order valence-electron chi connectivity index (χ0n) is 18.2. The lowest BCUT2D eigenvalue weighted by atomic mass is 10.0. The van der Waals surface area contributed by atoms with Gasteiger partial charge in [0.05, 0.1) is 11.3 Å². The summed E-state index contributed by atoms with van der Waals surface area (Å²) >= 11 is 0. The number of hydrogen-bond acceptors (Lipinski definition) is 4. The molecular weight excluding hydrogens is 376 g/mol. The second-order valence-corrected chi connectivity index (χ2v) is 9.32. The second kappa shape index (κ2) is 7.23. The molecule has 4 atom stereocenters. The van der Waals surface area contributed by atoms with Gasteiger partial charge in [0.25, 0.3) is 5.91 Å². The number of carbonyl (C=O) groups excluding carboxylic acids is 1. The van der Waals surface area contributed by atoms with Crippen LogP contribution in [0.15, 0.2) is 36.7 Å². The first-order valence-electron chi connectivity index (χ1n) is 10.8. The highest BCUT2D eigenvalue weighted by Crippen LogP contribution is 2.46. The molecule has 0 spiro atoms. The first kappa shape index (κ1) is 19.3. The third-order valence-electron chi connectivity index (χ3n) is 7.39. The third kappa shape index (κ3) is 3.12. The molecule has 5 rings (SSSR count). The van der Waals surface area contributed by atoms with Crippen LogP contribution in [0.3, 0.4) is 0 Å². The molecule has 2 aliphatic rings. The zero-order chi connectivity index (χ0) is 21.0. The van der Waals surface area contributed by atoms with E-state index in [2.05, 4.69) is 29.2 Å². The molecular formula is C23H30N6O. The minimum Gasteiger partial charge on any atom is -0.348 e. The number of pyridine rings is 1. The standard InChI is InChI=1S/C23H30N6O/c1-26(2)18-10-16-12-19(13-17(16)11-18)28(4)23(30)15-7-8-21-24-25-22(29(21)14-15)20-6-5-9-27(20)3/h5-9,14,16-19H,10-13H2,1-4H3/t16-,17+,18?,19?. The Kier molecular flexibility index (Phi) is 4.65. The average Bonchev–Trinajstić information content (AvgIpc) is 3.48. The van der Waals surface area contributed by atoms with Crippen molar-refractivity contribution in [2.45, 2.75) is 37.8 Å². The maximum atomic E-state index is 13.3. The molecule has 0 radical (unpaired) electrons. The molecule has 3 heterocycles. The van der Waals surface area contributed by atoms with Gasteiger partial charge < -0.3 is 14.4 Å². The zero-order valence-corrected chi connectivity index (χ0v) is 18.2. The summed E-state index contributed by atoms with van der Waals surface area (Å²) < 4.78 is 3.93. The first-order valence-corrected chi connectivity index (χ1v) is 10.8. The van der Waals surface area contributed by atoms with Gasteiger partial charge >= 0.3 is 0 Å².